The summed E-state index contributed by atoms with van der Waals surface area (Å²) < 4.78 is 36.5. The highest BCUT2D eigenvalue weighted by Crippen LogP contribution is 2.64. The van der Waals surface area contributed by atoms with Crippen molar-refractivity contribution in [3.63, 3.8) is 0 Å². The average molecular weight is 1310 g/mol. The van der Waals surface area contributed by atoms with E-state index < -0.39 is 251 Å². The van der Waals surface area contributed by atoms with Gasteiger partial charge in [-0.2, -0.15) is 0 Å². The van der Waals surface area contributed by atoms with Crippen LogP contribution in [0.3, 0.4) is 0 Å². The zero-order valence-electron chi connectivity index (χ0n) is 46.6. The van der Waals surface area contributed by atoms with Gasteiger partial charge in [0.05, 0.1) is 50.3 Å². The van der Waals surface area contributed by atoms with Crippen molar-refractivity contribution in [2.24, 2.45) is 0 Å². The van der Waals surface area contributed by atoms with Crippen LogP contribution in [0.1, 0.15) is 11.1 Å². The second-order valence-electron chi connectivity index (χ2n) is 21.3. The molecule has 31 heteroatoms. The minimum Gasteiger partial charge on any atom is -0.507 e. The van der Waals surface area contributed by atoms with E-state index in [1.165, 1.54) is 42.5 Å². The smallest absolute Gasteiger partial charge is 0.208 e. The fourth-order valence-corrected chi connectivity index (χ4v) is 12.0. The maximum absolute atomic E-state index is 18.2. The molecule has 2 unspecified atom stereocenters. The van der Waals surface area contributed by atoms with Crippen molar-refractivity contribution >= 4 is 81.3 Å². The summed E-state index contributed by atoms with van der Waals surface area (Å²) in [5, 5.41) is 289. The summed E-state index contributed by atoms with van der Waals surface area (Å²) >= 11 is 0. The summed E-state index contributed by atoms with van der Waals surface area (Å²) in [5.41, 5.74) is -14.1. The van der Waals surface area contributed by atoms with Crippen LogP contribution in [-0.4, -0.2) is 139 Å². The monoisotopic (exact) mass is 1310 g/mol. The molecule has 1 aliphatic carbocycles. The number of aliphatic hydroxyl groups excluding tert-OH is 7. The van der Waals surface area contributed by atoms with Gasteiger partial charge in [-0.05, 0) is 69.1 Å². The van der Waals surface area contributed by atoms with Crippen molar-refractivity contribution in [2.45, 2.75) is 6.10 Å². The molecule has 0 radical (unpaired) electrons. The lowest BCUT2D eigenvalue weighted by Gasteiger charge is -2.34. The molecular formula is C63H43F2N2O26P. The van der Waals surface area contributed by atoms with Crippen molar-refractivity contribution in [3.05, 3.63) is 142 Å². The Bertz CT molecular complexity index is 5230. The average Bonchev–Trinajstić information content (AvgIpc) is 0.848. The minimum atomic E-state index is -2.62. The standard InChI is InChI=1S/C63H43F2N2O26P/c1-14-21-10-17(29-38(69)49(80)59(90)50(81)39(29)70)12-23(64)33(21)66(35-32(44(75)55(86)56(87)46(35)77)45(76)62(93)63(94)37(14)68)25-8-4-15-3-7-20-26(9-5-16-2-6-19(25)27(15)28(16)20)67(36-47(78)57(88)58(89)48(36)79)34-22(31-42(73)53(84)61(92)54(85)43(31)74)11-18(13-24(34)65)30-40(71)51(82)60(91)52(83)41(30)72/h2-13,47,68-93H,1,94H2/b62-45-,63-37-. The van der Waals surface area contributed by atoms with E-state index in [9.17, 15) is 133 Å². The molecule has 1 heterocycles. The molecule has 0 bridgehead atoms. The van der Waals surface area contributed by atoms with E-state index in [0.717, 1.165) is 12.1 Å². The molecule has 26 N–H and O–H groups in total. The molecule has 2 atom stereocenters. The first-order valence-electron chi connectivity index (χ1n) is 26.5. The van der Waals surface area contributed by atoms with Crippen molar-refractivity contribution in [1.29, 1.82) is 0 Å². The predicted octanol–water partition coefficient (Wildman–Crippen LogP) is 10.8. The summed E-state index contributed by atoms with van der Waals surface area (Å²) in [6.07, 6.45) is -2.62. The third kappa shape index (κ3) is 8.09. The van der Waals surface area contributed by atoms with Crippen LogP contribution in [0.5, 0.6) is 109 Å². The van der Waals surface area contributed by atoms with E-state index in [0.29, 0.717) is 28.0 Å². The molecule has 0 spiro atoms. The number of phenolic OH excluding ortho intramolecular Hbond substituents is 19. The number of phenols is 19. The van der Waals surface area contributed by atoms with Crippen LogP contribution in [0.4, 0.5) is 37.2 Å². The summed E-state index contributed by atoms with van der Waals surface area (Å²) in [5.74, 6) is -40.3. The minimum absolute atomic E-state index is 0.0221. The Labute approximate surface area is 521 Å². The van der Waals surface area contributed by atoms with E-state index in [4.69, 9.17) is 0 Å². The Morgan fingerprint density at radius 3 is 1.28 bits per heavy atom. The second-order valence-corrected chi connectivity index (χ2v) is 21.8. The lowest BCUT2D eigenvalue weighted by Crippen LogP contribution is -2.28. The molecule has 0 aromatic heterocycles. The number of halogens is 2. The molecule has 0 fully saturated rings. The normalized spacial score (nSPS) is 16.1. The van der Waals surface area contributed by atoms with Gasteiger partial charge in [0.25, 0.3) is 0 Å². The summed E-state index contributed by atoms with van der Waals surface area (Å²) in [6, 6.07) is 12.6. The van der Waals surface area contributed by atoms with Gasteiger partial charge in [0.1, 0.15) is 28.8 Å². The molecule has 12 rings (SSSR count). The maximum Gasteiger partial charge on any atom is 0.208 e. The van der Waals surface area contributed by atoms with Gasteiger partial charge < -0.3 is 143 Å². The van der Waals surface area contributed by atoms with E-state index >= 15 is 8.78 Å². The van der Waals surface area contributed by atoms with E-state index in [-0.39, 0.29) is 32.3 Å². The zero-order valence-corrected chi connectivity index (χ0v) is 47.7. The highest BCUT2D eigenvalue weighted by molar-refractivity contribution is 7.23. The Hall–Kier alpha value is -13.2. The first-order chi connectivity index (χ1) is 44.2. The first-order valence-corrected chi connectivity index (χ1v) is 27.1. The van der Waals surface area contributed by atoms with Gasteiger partial charge in [0, 0.05) is 27.5 Å². The lowest BCUT2D eigenvalue weighted by atomic mass is 9.89. The molecule has 28 nitrogen and oxygen atoms in total. The third-order valence-corrected chi connectivity index (χ3v) is 16.8. The number of hydrogen-bond donors (Lipinski definition) is 26. The maximum atomic E-state index is 18.2. The largest absolute Gasteiger partial charge is 0.507 e. The molecule has 0 saturated heterocycles. The van der Waals surface area contributed by atoms with Gasteiger partial charge in [-0.3, -0.25) is 0 Å². The fraction of sp³-hybridized carbons (Fsp3) is 0.0159. The van der Waals surface area contributed by atoms with E-state index in [1.807, 2.05) is 9.24 Å². The highest BCUT2D eigenvalue weighted by atomic mass is 31.0. The van der Waals surface area contributed by atoms with E-state index in [2.05, 4.69) is 6.58 Å². The predicted molar refractivity (Wildman–Crippen MR) is 330 cm³/mol. The van der Waals surface area contributed by atoms with Gasteiger partial charge in [-0.1, -0.05) is 52.2 Å². The van der Waals surface area contributed by atoms with Gasteiger partial charge >= 0.3 is 0 Å². The number of allylic oxidation sites excluding steroid dienone is 2. The lowest BCUT2D eigenvalue weighted by molar-refractivity contribution is 0.176. The molecule has 0 amide bonds. The quantitative estimate of drug-likeness (QED) is 0.0305. The number of aromatic hydroxyl groups is 19. The Morgan fingerprint density at radius 2 is 0.787 bits per heavy atom. The van der Waals surface area contributed by atoms with Crippen molar-refractivity contribution in [2.75, 3.05) is 9.80 Å². The molecule has 0 saturated carbocycles. The van der Waals surface area contributed by atoms with Crippen LogP contribution in [0.25, 0.3) is 77.0 Å². The van der Waals surface area contributed by atoms with Crippen molar-refractivity contribution < 1.29 is 142 Å². The number of hydrogen-bond acceptors (Lipinski definition) is 28. The summed E-state index contributed by atoms with van der Waals surface area (Å²) in [7, 11) is 1.83. The van der Waals surface area contributed by atoms with Crippen LogP contribution in [-0.2, 0) is 0 Å². The third-order valence-electron chi connectivity index (χ3n) is 16.3. The second kappa shape index (κ2) is 20.7. The number of nitrogens with zero attached hydrogens (tertiary/aromatic N) is 2. The first kappa shape index (κ1) is 61.0. The zero-order chi connectivity index (χ0) is 68.5. The molecule has 2 aliphatic rings. The Balaban J connectivity index is 1.23. The summed E-state index contributed by atoms with van der Waals surface area (Å²) in [6.45, 7) is 3.86. The van der Waals surface area contributed by atoms with Crippen LogP contribution in [0.2, 0.25) is 0 Å². The highest BCUT2D eigenvalue weighted by Gasteiger charge is 2.43. The molecule has 1 aliphatic heterocycles. The van der Waals surface area contributed by atoms with E-state index in [1.54, 1.807) is 0 Å². The Kier molecular flexibility index (Phi) is 13.4. The van der Waals surface area contributed by atoms with Crippen molar-refractivity contribution in [3.8, 4) is 143 Å². The van der Waals surface area contributed by atoms with Crippen LogP contribution in [0, 0.1) is 11.6 Å². The van der Waals surface area contributed by atoms with Gasteiger partial charge in [-0.25, -0.2) is 8.78 Å². The van der Waals surface area contributed by atoms with Gasteiger partial charge in [0.2, 0.25) is 69.0 Å². The number of aliphatic hydroxyl groups is 7. The van der Waals surface area contributed by atoms with Crippen LogP contribution >= 0.6 is 9.24 Å². The van der Waals surface area contributed by atoms with Gasteiger partial charge in [-0.15, -0.1) is 0 Å². The van der Waals surface area contributed by atoms with Crippen LogP contribution < -0.4 is 9.80 Å². The number of benzene rings is 10. The molecule has 94 heavy (non-hydrogen) atoms. The molecule has 10 aromatic carbocycles. The molecule has 480 valence electrons. The number of rotatable bonds is 7. The molecular weight excluding hydrogens is 1270 g/mol. The van der Waals surface area contributed by atoms with Gasteiger partial charge in [0.15, 0.2) is 75.1 Å². The Morgan fingerprint density at radius 1 is 0.383 bits per heavy atom. The molecule has 10 aromatic rings. The summed E-state index contributed by atoms with van der Waals surface area (Å²) in [4.78, 5) is 1.17. The van der Waals surface area contributed by atoms with Crippen LogP contribution in [0.15, 0.2) is 119 Å². The number of fused-ring (bicyclic) bond motifs is 2. The fourth-order valence-electron chi connectivity index (χ4n) is 11.7. The number of anilines is 5. The topological polar surface area (TPSA) is 532 Å². The SMILES string of the molecule is C=C1/C(O)=C(P)\C(O)=C(\O)c2c(O)c(O)c(O)c(O)c2N(c2ccc3ccc4c(N(C5=C(O)C(O)=C(O)C5O)c5c(F)cc(-c6c(O)c(O)c(O)c(O)c6O)cc5-c5c(O)c(O)c(O)c(O)c5O)ccc5ccc2c3c54)c2c(F)cc(-c3c(O)c(O)c(O)c(O)c3O)cc21. The van der Waals surface area contributed by atoms with Crippen molar-refractivity contribution in [1.82, 2.24) is 0 Å².